The molecule has 5 heteroatoms. The first-order valence-corrected chi connectivity index (χ1v) is 6.16. The molecule has 0 aromatic carbocycles. The van der Waals surface area contributed by atoms with Gasteiger partial charge in [-0.25, -0.2) is 0 Å². The molecule has 1 aromatic rings. The van der Waals surface area contributed by atoms with E-state index >= 15 is 0 Å². The zero-order valence-corrected chi connectivity index (χ0v) is 11.0. The minimum atomic E-state index is -0.167. The Bertz CT molecular complexity index is 428. The molecule has 0 aliphatic heterocycles. The molecule has 1 aromatic heterocycles. The summed E-state index contributed by atoms with van der Waals surface area (Å²) in [6, 6.07) is 3.03. The molecule has 0 aliphatic carbocycles. The van der Waals surface area contributed by atoms with E-state index in [1.54, 1.807) is 31.3 Å². The molecule has 4 nitrogen and oxygen atoms in total. The van der Waals surface area contributed by atoms with Crippen molar-refractivity contribution >= 4 is 21.8 Å². The second-order valence-electron chi connectivity index (χ2n) is 3.63. The fraction of sp³-hybridized carbons (Fsp3) is 0.455. The Hall–Kier alpha value is -1.10. The number of halogens is 1. The lowest BCUT2D eigenvalue weighted by atomic mass is 10.2. The first-order chi connectivity index (χ1) is 7.56. The van der Waals surface area contributed by atoms with Crippen molar-refractivity contribution in [3.63, 3.8) is 0 Å². The number of pyridine rings is 1. The van der Waals surface area contributed by atoms with Gasteiger partial charge >= 0.3 is 0 Å². The van der Waals surface area contributed by atoms with Gasteiger partial charge in [0.05, 0.1) is 0 Å². The highest BCUT2D eigenvalue weighted by Crippen LogP contribution is 2.01. The zero-order chi connectivity index (χ0) is 12.1. The van der Waals surface area contributed by atoms with Crippen LogP contribution in [0.5, 0.6) is 0 Å². The summed E-state index contributed by atoms with van der Waals surface area (Å²) >= 11 is 3.31. The quantitative estimate of drug-likeness (QED) is 0.782. The molecule has 0 saturated heterocycles. The number of hydrogen-bond acceptors (Lipinski definition) is 2. The van der Waals surface area contributed by atoms with E-state index in [4.69, 9.17) is 0 Å². The number of aromatic nitrogens is 1. The molecule has 0 atom stereocenters. The van der Waals surface area contributed by atoms with Crippen LogP contribution in [-0.2, 0) is 7.05 Å². The molecule has 1 rings (SSSR count). The molecule has 16 heavy (non-hydrogen) atoms. The molecule has 0 N–H and O–H groups in total. The number of carbonyl (C=O) groups excluding carboxylic acids is 1. The van der Waals surface area contributed by atoms with Crippen LogP contribution in [0, 0.1) is 0 Å². The highest BCUT2D eigenvalue weighted by atomic mass is 79.9. The molecule has 88 valence electrons. The van der Waals surface area contributed by atoms with Gasteiger partial charge < -0.3 is 9.47 Å². The van der Waals surface area contributed by atoms with Crippen molar-refractivity contribution in [1.82, 2.24) is 9.47 Å². The summed E-state index contributed by atoms with van der Waals surface area (Å²) in [5, 5.41) is 0.862. The summed E-state index contributed by atoms with van der Waals surface area (Å²) in [6.07, 6.45) is 2.50. The smallest absolute Gasteiger partial charge is 0.253 e. The molecule has 0 saturated carbocycles. The Kier molecular flexibility index (Phi) is 4.73. The lowest BCUT2D eigenvalue weighted by Crippen LogP contribution is -2.29. The Morgan fingerprint density at radius 2 is 2.25 bits per heavy atom. The topological polar surface area (TPSA) is 42.3 Å². The van der Waals surface area contributed by atoms with E-state index in [-0.39, 0.29) is 11.5 Å². The third-order valence-corrected chi connectivity index (χ3v) is 2.89. The zero-order valence-electron chi connectivity index (χ0n) is 9.44. The first kappa shape index (κ1) is 13.0. The summed E-state index contributed by atoms with van der Waals surface area (Å²) in [6.45, 7) is 0.680. The standard InChI is InChI=1S/C11H15BrN2O2/c1-13-7-4-9(8-10(13)15)11(16)14(2)6-3-5-12/h4,7-8H,3,5-6H2,1-2H3. The average molecular weight is 287 g/mol. The van der Waals surface area contributed by atoms with Gasteiger partial charge in [-0.1, -0.05) is 15.9 Å². The number of carbonyl (C=O) groups is 1. The summed E-state index contributed by atoms with van der Waals surface area (Å²) < 4.78 is 1.44. The van der Waals surface area contributed by atoms with E-state index in [0.717, 1.165) is 11.8 Å². The Morgan fingerprint density at radius 3 is 2.81 bits per heavy atom. The molecule has 0 radical (unpaired) electrons. The number of rotatable bonds is 4. The summed E-state index contributed by atoms with van der Waals surface area (Å²) in [5.74, 6) is -0.112. The first-order valence-electron chi connectivity index (χ1n) is 5.04. The van der Waals surface area contributed by atoms with Crippen LogP contribution in [0.4, 0.5) is 0 Å². The molecule has 0 aliphatic rings. The van der Waals surface area contributed by atoms with Crippen molar-refractivity contribution < 1.29 is 4.79 Å². The monoisotopic (exact) mass is 286 g/mol. The van der Waals surface area contributed by atoms with E-state index < -0.39 is 0 Å². The van der Waals surface area contributed by atoms with E-state index in [0.29, 0.717) is 12.1 Å². The minimum Gasteiger partial charge on any atom is -0.342 e. The number of alkyl halides is 1. The Balaban J connectivity index is 2.80. The lowest BCUT2D eigenvalue weighted by Gasteiger charge is -2.16. The Morgan fingerprint density at radius 1 is 1.56 bits per heavy atom. The summed E-state index contributed by atoms with van der Waals surface area (Å²) in [4.78, 5) is 24.9. The van der Waals surface area contributed by atoms with Crippen LogP contribution in [0.2, 0.25) is 0 Å². The van der Waals surface area contributed by atoms with E-state index in [9.17, 15) is 9.59 Å². The number of hydrogen-bond donors (Lipinski definition) is 0. The maximum Gasteiger partial charge on any atom is 0.253 e. The van der Waals surface area contributed by atoms with Crippen molar-refractivity contribution in [1.29, 1.82) is 0 Å². The fourth-order valence-electron chi connectivity index (χ4n) is 1.30. The van der Waals surface area contributed by atoms with Crippen molar-refractivity contribution in [3.8, 4) is 0 Å². The van der Waals surface area contributed by atoms with Gasteiger partial charge in [-0.2, -0.15) is 0 Å². The van der Waals surface area contributed by atoms with E-state index in [2.05, 4.69) is 15.9 Å². The molecular weight excluding hydrogens is 272 g/mol. The molecule has 0 bridgehead atoms. The normalized spacial score (nSPS) is 10.2. The molecular formula is C11H15BrN2O2. The van der Waals surface area contributed by atoms with Gasteiger partial charge in [-0.15, -0.1) is 0 Å². The number of nitrogens with zero attached hydrogens (tertiary/aromatic N) is 2. The van der Waals surface area contributed by atoms with Crippen LogP contribution in [0.15, 0.2) is 23.1 Å². The highest BCUT2D eigenvalue weighted by Gasteiger charge is 2.11. The van der Waals surface area contributed by atoms with Crippen LogP contribution in [-0.4, -0.2) is 34.3 Å². The predicted molar refractivity (Wildman–Crippen MR) is 67.1 cm³/mol. The lowest BCUT2D eigenvalue weighted by molar-refractivity contribution is 0.0795. The van der Waals surface area contributed by atoms with E-state index in [1.807, 2.05) is 0 Å². The minimum absolute atomic E-state index is 0.112. The van der Waals surface area contributed by atoms with E-state index in [1.165, 1.54) is 10.6 Å². The van der Waals surface area contributed by atoms with Crippen LogP contribution in [0.25, 0.3) is 0 Å². The van der Waals surface area contributed by atoms with Gasteiger partial charge in [0.2, 0.25) is 0 Å². The third kappa shape index (κ3) is 3.20. The molecule has 1 amide bonds. The van der Waals surface area contributed by atoms with Crippen LogP contribution < -0.4 is 5.56 Å². The number of amides is 1. The average Bonchev–Trinajstić information content (AvgIpc) is 2.28. The van der Waals surface area contributed by atoms with Gasteiger partial charge in [-0.3, -0.25) is 9.59 Å². The largest absolute Gasteiger partial charge is 0.342 e. The molecule has 1 heterocycles. The summed E-state index contributed by atoms with van der Waals surface area (Å²) in [5.41, 5.74) is 0.278. The van der Waals surface area contributed by atoms with Gasteiger partial charge in [0.15, 0.2) is 0 Å². The molecule has 0 fully saturated rings. The van der Waals surface area contributed by atoms with Crippen LogP contribution in [0.3, 0.4) is 0 Å². The summed E-state index contributed by atoms with van der Waals surface area (Å²) in [7, 11) is 3.40. The highest BCUT2D eigenvalue weighted by molar-refractivity contribution is 9.09. The van der Waals surface area contributed by atoms with Crippen molar-refractivity contribution in [2.24, 2.45) is 7.05 Å². The Labute approximate surface area is 103 Å². The van der Waals surface area contributed by atoms with Crippen molar-refractivity contribution in [3.05, 3.63) is 34.2 Å². The van der Waals surface area contributed by atoms with Gasteiger partial charge in [-0.05, 0) is 12.5 Å². The second kappa shape index (κ2) is 5.84. The van der Waals surface area contributed by atoms with Gasteiger partial charge in [0.25, 0.3) is 11.5 Å². The van der Waals surface area contributed by atoms with Crippen molar-refractivity contribution in [2.45, 2.75) is 6.42 Å². The maximum atomic E-state index is 11.9. The number of aryl methyl sites for hydroxylation is 1. The van der Waals surface area contributed by atoms with Crippen LogP contribution in [0.1, 0.15) is 16.8 Å². The molecule has 0 spiro atoms. The van der Waals surface area contributed by atoms with Gasteiger partial charge in [0, 0.05) is 43.8 Å². The van der Waals surface area contributed by atoms with Gasteiger partial charge in [0.1, 0.15) is 0 Å². The second-order valence-corrected chi connectivity index (χ2v) is 4.43. The van der Waals surface area contributed by atoms with Crippen molar-refractivity contribution in [2.75, 3.05) is 18.9 Å². The predicted octanol–water partition coefficient (Wildman–Crippen LogP) is 1.24. The SMILES string of the molecule is CN(CCCBr)C(=O)c1ccn(C)c(=O)c1. The third-order valence-electron chi connectivity index (χ3n) is 2.33. The maximum absolute atomic E-state index is 11.9. The molecule has 0 unspecified atom stereocenters. The fourth-order valence-corrected chi connectivity index (χ4v) is 1.55. The van der Waals surface area contributed by atoms with Crippen LogP contribution >= 0.6 is 15.9 Å².